The van der Waals surface area contributed by atoms with E-state index in [1.54, 1.807) is 12.1 Å². The Kier molecular flexibility index (Phi) is 3.71. The van der Waals surface area contributed by atoms with Crippen LogP contribution >= 0.6 is 0 Å². The predicted octanol–water partition coefficient (Wildman–Crippen LogP) is 3.53. The Morgan fingerprint density at radius 2 is 1.74 bits per heavy atom. The van der Waals surface area contributed by atoms with E-state index >= 15 is 0 Å². The standard InChI is InChI=1S/C15H17N3O/c1-10-5-3-4-6-14(10)18-15(19)17-12-7-8-13(16)11(2)9-12/h3-9H,16H2,1-2H3,(H2,17,18,19). The average molecular weight is 255 g/mol. The lowest BCUT2D eigenvalue weighted by molar-refractivity contribution is 0.262. The number of nitrogen functional groups attached to an aromatic ring is 1. The highest BCUT2D eigenvalue weighted by Crippen LogP contribution is 2.17. The van der Waals surface area contributed by atoms with Gasteiger partial charge >= 0.3 is 6.03 Å². The van der Waals surface area contributed by atoms with E-state index in [9.17, 15) is 4.79 Å². The molecule has 2 amide bonds. The van der Waals surface area contributed by atoms with Crippen molar-refractivity contribution in [3.63, 3.8) is 0 Å². The first-order valence-electron chi connectivity index (χ1n) is 6.06. The van der Waals surface area contributed by atoms with Crippen LogP contribution in [0.2, 0.25) is 0 Å². The van der Waals surface area contributed by atoms with Gasteiger partial charge < -0.3 is 16.4 Å². The maximum absolute atomic E-state index is 11.9. The van der Waals surface area contributed by atoms with Gasteiger partial charge in [-0.25, -0.2) is 4.79 Å². The van der Waals surface area contributed by atoms with E-state index in [0.29, 0.717) is 5.69 Å². The van der Waals surface area contributed by atoms with Crippen molar-refractivity contribution in [2.75, 3.05) is 16.4 Å². The number of urea groups is 1. The summed E-state index contributed by atoms with van der Waals surface area (Å²) in [5.41, 5.74) is 9.92. The smallest absolute Gasteiger partial charge is 0.323 e. The summed E-state index contributed by atoms with van der Waals surface area (Å²) in [7, 11) is 0. The van der Waals surface area contributed by atoms with Crippen LogP contribution in [0.1, 0.15) is 11.1 Å². The molecule has 0 unspecified atom stereocenters. The van der Waals surface area contributed by atoms with Crippen LogP contribution in [0.3, 0.4) is 0 Å². The van der Waals surface area contributed by atoms with E-state index in [-0.39, 0.29) is 6.03 Å². The number of carbonyl (C=O) groups is 1. The largest absolute Gasteiger partial charge is 0.399 e. The van der Waals surface area contributed by atoms with Crippen LogP contribution in [0.25, 0.3) is 0 Å². The fraction of sp³-hybridized carbons (Fsp3) is 0.133. The molecule has 0 atom stereocenters. The lowest BCUT2D eigenvalue weighted by Gasteiger charge is -2.10. The molecule has 0 saturated carbocycles. The first kappa shape index (κ1) is 13.0. The molecule has 4 nitrogen and oxygen atoms in total. The molecule has 0 bridgehead atoms. The van der Waals surface area contributed by atoms with Crippen LogP contribution in [-0.4, -0.2) is 6.03 Å². The molecular formula is C15H17N3O. The van der Waals surface area contributed by atoms with Crippen molar-refractivity contribution >= 4 is 23.1 Å². The van der Waals surface area contributed by atoms with E-state index in [0.717, 1.165) is 22.5 Å². The first-order chi connectivity index (χ1) is 9.06. The molecule has 0 fully saturated rings. The number of anilines is 3. The number of hydrogen-bond acceptors (Lipinski definition) is 2. The third-order valence-corrected chi connectivity index (χ3v) is 2.92. The van der Waals surface area contributed by atoms with Gasteiger partial charge in [-0.2, -0.15) is 0 Å². The number of nitrogens with two attached hydrogens (primary N) is 1. The van der Waals surface area contributed by atoms with Gasteiger partial charge in [-0.3, -0.25) is 0 Å². The van der Waals surface area contributed by atoms with E-state index < -0.39 is 0 Å². The van der Waals surface area contributed by atoms with Crippen molar-refractivity contribution in [1.29, 1.82) is 0 Å². The SMILES string of the molecule is Cc1cc(NC(=O)Nc2ccccc2C)ccc1N. The number of rotatable bonds is 2. The highest BCUT2D eigenvalue weighted by molar-refractivity contribution is 6.00. The first-order valence-corrected chi connectivity index (χ1v) is 6.06. The van der Waals surface area contributed by atoms with Crippen molar-refractivity contribution < 1.29 is 4.79 Å². The second kappa shape index (κ2) is 5.44. The molecule has 4 heteroatoms. The fourth-order valence-corrected chi connectivity index (χ4v) is 1.75. The van der Waals surface area contributed by atoms with Gasteiger partial charge in [0.25, 0.3) is 0 Å². The van der Waals surface area contributed by atoms with Gasteiger partial charge in [-0.05, 0) is 49.2 Å². The summed E-state index contributed by atoms with van der Waals surface area (Å²) in [4.78, 5) is 11.9. The molecule has 0 aliphatic carbocycles. The quantitative estimate of drug-likeness (QED) is 0.719. The molecule has 0 radical (unpaired) electrons. The van der Waals surface area contributed by atoms with Gasteiger partial charge in [-0.1, -0.05) is 18.2 Å². The van der Waals surface area contributed by atoms with E-state index in [2.05, 4.69) is 10.6 Å². The second-order valence-corrected chi connectivity index (χ2v) is 4.47. The summed E-state index contributed by atoms with van der Waals surface area (Å²) < 4.78 is 0. The summed E-state index contributed by atoms with van der Waals surface area (Å²) >= 11 is 0. The molecule has 2 aromatic carbocycles. The van der Waals surface area contributed by atoms with Crippen LogP contribution in [-0.2, 0) is 0 Å². The predicted molar refractivity (Wildman–Crippen MR) is 79.4 cm³/mol. The van der Waals surface area contributed by atoms with Gasteiger partial charge in [0.05, 0.1) is 0 Å². The molecule has 0 aliphatic rings. The zero-order chi connectivity index (χ0) is 13.8. The molecule has 0 aliphatic heterocycles. The third-order valence-electron chi connectivity index (χ3n) is 2.92. The number of nitrogens with one attached hydrogen (secondary N) is 2. The van der Waals surface area contributed by atoms with E-state index in [1.807, 2.05) is 44.2 Å². The molecule has 2 aromatic rings. The monoisotopic (exact) mass is 255 g/mol. The lowest BCUT2D eigenvalue weighted by atomic mass is 10.2. The molecule has 0 heterocycles. The Bertz CT molecular complexity index is 608. The zero-order valence-electron chi connectivity index (χ0n) is 11.0. The summed E-state index contributed by atoms with van der Waals surface area (Å²) in [6.45, 7) is 3.85. The van der Waals surface area contributed by atoms with Crippen molar-refractivity contribution in [3.05, 3.63) is 53.6 Å². The maximum atomic E-state index is 11.9. The zero-order valence-corrected chi connectivity index (χ0v) is 11.0. The van der Waals surface area contributed by atoms with Crippen LogP contribution in [0.15, 0.2) is 42.5 Å². The molecule has 4 N–H and O–H groups in total. The Hall–Kier alpha value is -2.49. The minimum Gasteiger partial charge on any atom is -0.399 e. The number of amides is 2. The van der Waals surface area contributed by atoms with Crippen molar-refractivity contribution in [2.24, 2.45) is 0 Å². The normalized spacial score (nSPS) is 10.0. The van der Waals surface area contributed by atoms with Gasteiger partial charge in [0.2, 0.25) is 0 Å². The second-order valence-electron chi connectivity index (χ2n) is 4.47. The fourth-order valence-electron chi connectivity index (χ4n) is 1.75. The minimum atomic E-state index is -0.265. The Balaban J connectivity index is 2.05. The van der Waals surface area contributed by atoms with Crippen LogP contribution in [0.5, 0.6) is 0 Å². The molecule has 2 rings (SSSR count). The van der Waals surface area contributed by atoms with Gasteiger partial charge in [0, 0.05) is 17.1 Å². The summed E-state index contributed by atoms with van der Waals surface area (Å²) in [5, 5.41) is 5.59. The third kappa shape index (κ3) is 3.25. The van der Waals surface area contributed by atoms with E-state index in [1.165, 1.54) is 0 Å². The summed E-state index contributed by atoms with van der Waals surface area (Å²) in [6.07, 6.45) is 0. The van der Waals surface area contributed by atoms with Crippen LogP contribution in [0, 0.1) is 13.8 Å². The van der Waals surface area contributed by atoms with E-state index in [4.69, 9.17) is 5.73 Å². The highest BCUT2D eigenvalue weighted by atomic mass is 16.2. The molecular weight excluding hydrogens is 238 g/mol. The van der Waals surface area contributed by atoms with Crippen molar-refractivity contribution in [2.45, 2.75) is 13.8 Å². The highest BCUT2D eigenvalue weighted by Gasteiger charge is 2.05. The van der Waals surface area contributed by atoms with Gasteiger partial charge in [-0.15, -0.1) is 0 Å². The molecule has 0 spiro atoms. The lowest BCUT2D eigenvalue weighted by Crippen LogP contribution is -2.20. The number of carbonyl (C=O) groups excluding carboxylic acids is 1. The Labute approximate surface area is 112 Å². The number of benzene rings is 2. The van der Waals surface area contributed by atoms with Crippen LogP contribution in [0.4, 0.5) is 21.9 Å². The summed E-state index contributed by atoms with van der Waals surface area (Å²) in [6, 6.07) is 12.8. The molecule has 19 heavy (non-hydrogen) atoms. The number of hydrogen-bond donors (Lipinski definition) is 3. The average Bonchev–Trinajstić information content (AvgIpc) is 2.37. The number of para-hydroxylation sites is 1. The van der Waals surface area contributed by atoms with Gasteiger partial charge in [0.1, 0.15) is 0 Å². The molecule has 0 saturated heterocycles. The van der Waals surface area contributed by atoms with Crippen molar-refractivity contribution in [3.8, 4) is 0 Å². The molecule has 98 valence electrons. The maximum Gasteiger partial charge on any atom is 0.323 e. The minimum absolute atomic E-state index is 0.265. The number of aryl methyl sites for hydroxylation is 2. The topological polar surface area (TPSA) is 67.2 Å². The van der Waals surface area contributed by atoms with Gasteiger partial charge in [0.15, 0.2) is 0 Å². The summed E-state index contributed by atoms with van der Waals surface area (Å²) in [5.74, 6) is 0. The Morgan fingerprint density at radius 1 is 1.00 bits per heavy atom. The van der Waals surface area contributed by atoms with Crippen LogP contribution < -0.4 is 16.4 Å². The Morgan fingerprint density at radius 3 is 2.42 bits per heavy atom. The van der Waals surface area contributed by atoms with Crippen molar-refractivity contribution in [1.82, 2.24) is 0 Å². The molecule has 0 aromatic heterocycles.